The fraction of sp³-hybridized carbons (Fsp3) is 0.167. The van der Waals surface area contributed by atoms with Crippen molar-refractivity contribution in [2.24, 2.45) is 0 Å². The van der Waals surface area contributed by atoms with E-state index in [4.69, 9.17) is 11.6 Å². The van der Waals surface area contributed by atoms with Crippen LogP contribution >= 0.6 is 34.7 Å². The minimum absolute atomic E-state index is 0.137. The molecule has 2 N–H and O–H groups in total. The van der Waals surface area contributed by atoms with Gasteiger partial charge in [-0.1, -0.05) is 71.1 Å². The average Bonchev–Trinajstić information content (AvgIpc) is 3.11. The van der Waals surface area contributed by atoms with Crippen molar-refractivity contribution in [2.75, 3.05) is 17.7 Å². The van der Waals surface area contributed by atoms with Crippen LogP contribution in [0.5, 0.6) is 0 Å². The van der Waals surface area contributed by atoms with Gasteiger partial charge in [0, 0.05) is 17.8 Å². The summed E-state index contributed by atoms with van der Waals surface area (Å²) in [6, 6.07) is 15.1. The molecule has 0 radical (unpaired) electrons. The minimum Gasteiger partial charge on any atom is -0.363 e. The zero-order chi connectivity index (χ0) is 18.5. The average molecular weight is 405 g/mol. The number of nitrogens with one attached hydrogen (secondary N) is 2. The van der Waals surface area contributed by atoms with Crippen molar-refractivity contribution in [3.05, 3.63) is 64.7 Å². The number of halogens is 1. The van der Waals surface area contributed by atoms with Crippen molar-refractivity contribution >= 4 is 51.4 Å². The summed E-state index contributed by atoms with van der Waals surface area (Å²) >= 11 is 8.95. The van der Waals surface area contributed by atoms with Crippen LogP contribution in [0.2, 0.25) is 5.02 Å². The van der Waals surface area contributed by atoms with E-state index in [1.807, 2.05) is 49.4 Å². The van der Waals surface area contributed by atoms with Gasteiger partial charge in [0.05, 0.1) is 0 Å². The molecule has 134 valence electrons. The highest BCUT2D eigenvalue weighted by atomic mass is 35.5. The number of rotatable bonds is 6. The normalized spacial score (nSPS) is 11.8. The molecule has 0 aliphatic rings. The molecule has 3 aromatic rings. The molecule has 26 heavy (non-hydrogen) atoms. The number of aromatic nitrogens is 2. The Balaban J connectivity index is 1.84. The van der Waals surface area contributed by atoms with Crippen LogP contribution in [0, 0.1) is 6.92 Å². The first-order chi connectivity index (χ1) is 12.6. The fourth-order valence-electron chi connectivity index (χ4n) is 2.24. The van der Waals surface area contributed by atoms with Gasteiger partial charge in [0.1, 0.15) is 5.25 Å². The minimum atomic E-state index is -0.450. The van der Waals surface area contributed by atoms with E-state index in [1.165, 1.54) is 23.1 Å². The Bertz CT molecular complexity index is 901. The number of hydrogen-bond donors (Lipinski definition) is 2. The van der Waals surface area contributed by atoms with E-state index < -0.39 is 5.25 Å². The van der Waals surface area contributed by atoms with Crippen LogP contribution in [0.3, 0.4) is 0 Å². The van der Waals surface area contributed by atoms with Crippen molar-refractivity contribution in [3.63, 3.8) is 0 Å². The predicted octanol–water partition coefficient (Wildman–Crippen LogP) is 5.01. The Hall–Kier alpha value is -2.09. The number of anilines is 2. The third kappa shape index (κ3) is 4.55. The summed E-state index contributed by atoms with van der Waals surface area (Å²) in [7, 11) is 1.79. The molecule has 0 fully saturated rings. The lowest BCUT2D eigenvalue weighted by atomic mass is 10.1. The lowest BCUT2D eigenvalue weighted by molar-refractivity contribution is -0.115. The summed E-state index contributed by atoms with van der Waals surface area (Å²) < 4.78 is 0.722. The second kappa shape index (κ2) is 8.53. The molecule has 0 aliphatic heterocycles. The van der Waals surface area contributed by atoms with Crippen LogP contribution in [-0.2, 0) is 4.79 Å². The highest BCUT2D eigenvalue weighted by Gasteiger charge is 2.24. The summed E-state index contributed by atoms with van der Waals surface area (Å²) in [5, 5.41) is 15.0. The third-order valence-corrected chi connectivity index (χ3v) is 6.31. The van der Waals surface area contributed by atoms with Gasteiger partial charge >= 0.3 is 0 Å². The largest absolute Gasteiger partial charge is 0.363 e. The second-order valence-corrected chi connectivity index (χ2v) is 8.22. The molecule has 5 nitrogen and oxygen atoms in total. The molecule has 1 amide bonds. The number of carbonyl (C=O) groups excluding carboxylic acids is 1. The fourth-order valence-corrected chi connectivity index (χ4v) is 4.32. The van der Waals surface area contributed by atoms with Crippen LogP contribution < -0.4 is 10.6 Å². The lowest BCUT2D eigenvalue weighted by Gasteiger charge is -2.16. The van der Waals surface area contributed by atoms with Gasteiger partial charge in [0.2, 0.25) is 11.0 Å². The highest BCUT2D eigenvalue weighted by Crippen LogP contribution is 2.38. The summed E-state index contributed by atoms with van der Waals surface area (Å²) in [4.78, 5) is 13.0. The third-order valence-electron chi connectivity index (χ3n) is 3.62. The van der Waals surface area contributed by atoms with E-state index in [9.17, 15) is 4.79 Å². The number of thioether (sulfide) groups is 1. The zero-order valence-corrected chi connectivity index (χ0v) is 16.6. The molecule has 0 bridgehead atoms. The van der Waals surface area contributed by atoms with E-state index in [-0.39, 0.29) is 5.91 Å². The highest BCUT2D eigenvalue weighted by molar-refractivity contribution is 8.02. The maximum atomic E-state index is 13.0. The monoisotopic (exact) mass is 404 g/mol. The Kier molecular flexibility index (Phi) is 6.13. The first kappa shape index (κ1) is 18.7. The van der Waals surface area contributed by atoms with Crippen molar-refractivity contribution in [1.82, 2.24) is 10.2 Å². The molecule has 3 rings (SSSR count). The number of nitrogens with zero attached hydrogens (tertiary/aromatic N) is 2. The predicted molar refractivity (Wildman–Crippen MR) is 109 cm³/mol. The second-order valence-electron chi connectivity index (χ2n) is 5.48. The standard InChI is InChI=1S/C18H17ClN4OS2/c1-11-8-9-13(10-14(11)19)21-16(24)15(12-6-4-3-5-7-12)25-18-23-22-17(20-2)26-18/h3-10,15H,1-2H3,(H,20,22)(H,21,24)/t15-/m1/s1. The maximum absolute atomic E-state index is 13.0. The van der Waals surface area contributed by atoms with E-state index in [2.05, 4.69) is 20.8 Å². The Morgan fingerprint density at radius 2 is 1.96 bits per heavy atom. The van der Waals surface area contributed by atoms with Gasteiger partial charge in [-0.15, -0.1) is 10.2 Å². The smallest absolute Gasteiger partial charge is 0.242 e. The molecule has 1 aromatic heterocycles. The van der Waals surface area contributed by atoms with Gasteiger partial charge in [-0.3, -0.25) is 4.79 Å². The molecule has 8 heteroatoms. The first-order valence-electron chi connectivity index (χ1n) is 7.86. The number of aryl methyl sites for hydroxylation is 1. The Morgan fingerprint density at radius 1 is 1.19 bits per heavy atom. The van der Waals surface area contributed by atoms with Crippen molar-refractivity contribution < 1.29 is 4.79 Å². The van der Waals surface area contributed by atoms with Gasteiger partial charge in [-0.2, -0.15) is 0 Å². The van der Waals surface area contributed by atoms with Crippen LogP contribution in [0.25, 0.3) is 0 Å². The number of benzene rings is 2. The van der Waals surface area contributed by atoms with Crippen LogP contribution in [0.4, 0.5) is 10.8 Å². The lowest BCUT2D eigenvalue weighted by Crippen LogP contribution is -2.19. The van der Waals surface area contributed by atoms with E-state index in [0.29, 0.717) is 15.8 Å². The Labute approximate surface area is 165 Å². The van der Waals surface area contributed by atoms with Crippen molar-refractivity contribution in [2.45, 2.75) is 16.5 Å². The molecule has 0 aliphatic carbocycles. The molecular formula is C18H17ClN4OS2. The van der Waals surface area contributed by atoms with Crippen LogP contribution in [-0.4, -0.2) is 23.2 Å². The van der Waals surface area contributed by atoms with E-state index >= 15 is 0 Å². The van der Waals surface area contributed by atoms with Gasteiger partial charge in [-0.25, -0.2) is 0 Å². The molecule has 0 spiro atoms. The zero-order valence-electron chi connectivity index (χ0n) is 14.2. The van der Waals surface area contributed by atoms with Crippen LogP contribution in [0.15, 0.2) is 52.9 Å². The van der Waals surface area contributed by atoms with Gasteiger partial charge in [0.25, 0.3) is 0 Å². The number of carbonyl (C=O) groups is 1. The molecule has 2 aromatic carbocycles. The van der Waals surface area contributed by atoms with Crippen molar-refractivity contribution in [3.8, 4) is 0 Å². The van der Waals surface area contributed by atoms with E-state index in [0.717, 1.165) is 15.5 Å². The van der Waals surface area contributed by atoms with Crippen LogP contribution in [0.1, 0.15) is 16.4 Å². The first-order valence-corrected chi connectivity index (χ1v) is 9.94. The molecular weight excluding hydrogens is 388 g/mol. The maximum Gasteiger partial charge on any atom is 0.242 e. The molecule has 0 unspecified atom stereocenters. The molecule has 1 atom stereocenters. The SMILES string of the molecule is CNc1nnc(S[C@@H](C(=O)Nc2ccc(C)c(Cl)c2)c2ccccc2)s1. The summed E-state index contributed by atoms with van der Waals surface area (Å²) in [5.41, 5.74) is 2.53. The van der Waals surface area contributed by atoms with E-state index in [1.54, 1.807) is 13.1 Å². The quantitative estimate of drug-likeness (QED) is 0.565. The van der Waals surface area contributed by atoms with Gasteiger partial charge in [-0.05, 0) is 30.2 Å². The topological polar surface area (TPSA) is 66.9 Å². The van der Waals surface area contributed by atoms with Crippen molar-refractivity contribution in [1.29, 1.82) is 0 Å². The van der Waals surface area contributed by atoms with Gasteiger partial charge in [0.15, 0.2) is 4.34 Å². The Morgan fingerprint density at radius 3 is 2.62 bits per heavy atom. The molecule has 0 saturated carbocycles. The summed E-state index contributed by atoms with van der Waals surface area (Å²) in [5.74, 6) is -0.137. The number of hydrogen-bond acceptors (Lipinski definition) is 6. The molecule has 0 saturated heterocycles. The number of amides is 1. The van der Waals surface area contributed by atoms with Gasteiger partial charge < -0.3 is 10.6 Å². The molecule has 1 heterocycles. The summed E-state index contributed by atoms with van der Waals surface area (Å²) in [6.45, 7) is 1.92. The summed E-state index contributed by atoms with van der Waals surface area (Å²) in [6.07, 6.45) is 0.